The number of rotatable bonds is 6. The molecule has 0 atom stereocenters. The van der Waals surface area contributed by atoms with E-state index in [1.807, 2.05) is 35.2 Å². The number of nitrogens with zero attached hydrogens (tertiary/aromatic N) is 4. The Morgan fingerprint density at radius 3 is 1.85 bits per heavy atom. The number of anilines is 4. The van der Waals surface area contributed by atoms with Crippen molar-refractivity contribution < 1.29 is 9.85 Å². The number of nitrogen functional groups attached to an aromatic ring is 1. The van der Waals surface area contributed by atoms with Crippen molar-refractivity contribution in [1.82, 2.24) is 4.98 Å². The number of hydrogen-bond acceptors (Lipinski definition) is 9. The number of hydrogen-bond donors (Lipinski definition) is 1. The molecule has 168 valence electrons. The molecule has 0 bridgehead atoms. The fourth-order valence-electron chi connectivity index (χ4n) is 3.55. The number of fused-ring (bicyclic) bond motifs is 1. The SMILES string of the molecule is Nc1ccc(-c2cccc3sc(N(c4ccc([N+](=O)[O-])cc4)c4ccc([N+](=O)[O-])cc4)nc23)s1. The smallest absolute Gasteiger partial charge is 0.269 e. The summed E-state index contributed by atoms with van der Waals surface area (Å²) in [5.74, 6) is 0. The summed E-state index contributed by atoms with van der Waals surface area (Å²) in [6.07, 6.45) is 0. The van der Waals surface area contributed by atoms with Crippen molar-refractivity contribution in [3.63, 3.8) is 0 Å². The summed E-state index contributed by atoms with van der Waals surface area (Å²) in [5, 5.41) is 23.6. The Kier molecular flexibility index (Phi) is 5.40. The Hall–Kier alpha value is -4.35. The third kappa shape index (κ3) is 3.93. The average Bonchev–Trinajstić information content (AvgIpc) is 3.46. The molecule has 9 nitrogen and oxygen atoms in total. The highest BCUT2D eigenvalue weighted by Crippen LogP contribution is 2.43. The number of nitrogens with two attached hydrogens (primary N) is 1. The van der Waals surface area contributed by atoms with E-state index in [0.717, 1.165) is 20.7 Å². The molecule has 0 unspecified atom stereocenters. The Morgan fingerprint density at radius 2 is 1.35 bits per heavy atom. The molecule has 5 rings (SSSR count). The number of non-ortho nitro benzene ring substituents is 2. The normalized spacial score (nSPS) is 10.9. The van der Waals surface area contributed by atoms with Crippen molar-refractivity contribution in [2.45, 2.75) is 0 Å². The van der Waals surface area contributed by atoms with Crippen molar-refractivity contribution in [1.29, 1.82) is 0 Å². The predicted octanol–water partition coefficient (Wildman–Crippen LogP) is 6.89. The minimum Gasteiger partial charge on any atom is -0.391 e. The lowest BCUT2D eigenvalue weighted by molar-refractivity contribution is -0.385. The van der Waals surface area contributed by atoms with Gasteiger partial charge in [-0.3, -0.25) is 25.1 Å². The van der Waals surface area contributed by atoms with Crippen molar-refractivity contribution in [2.24, 2.45) is 0 Å². The molecule has 3 aromatic carbocycles. The quantitative estimate of drug-likeness (QED) is 0.203. The van der Waals surface area contributed by atoms with E-state index >= 15 is 0 Å². The standard InChI is InChI=1S/C23H15N5O4S2/c24-21-13-12-19(33-21)18-2-1-3-20-22(18)25-23(34-20)26(14-4-8-16(9-5-14)27(29)30)15-6-10-17(11-7-15)28(31)32/h1-13H,24H2. The highest BCUT2D eigenvalue weighted by molar-refractivity contribution is 7.22. The summed E-state index contributed by atoms with van der Waals surface area (Å²) >= 11 is 2.93. The second-order valence-corrected chi connectivity index (χ2v) is 9.36. The van der Waals surface area contributed by atoms with Crippen LogP contribution in [0, 0.1) is 20.2 Å². The number of nitro groups is 2. The van der Waals surface area contributed by atoms with Gasteiger partial charge in [0.1, 0.15) is 0 Å². The minimum absolute atomic E-state index is 0.0331. The minimum atomic E-state index is -0.462. The monoisotopic (exact) mass is 489 g/mol. The van der Waals surface area contributed by atoms with Crippen LogP contribution in [0.25, 0.3) is 20.7 Å². The molecule has 2 heterocycles. The molecular weight excluding hydrogens is 474 g/mol. The topological polar surface area (TPSA) is 128 Å². The van der Waals surface area contributed by atoms with Gasteiger partial charge in [0.25, 0.3) is 11.4 Å². The van der Waals surface area contributed by atoms with Gasteiger partial charge in [0.15, 0.2) is 5.13 Å². The van der Waals surface area contributed by atoms with Gasteiger partial charge in [0.2, 0.25) is 0 Å². The molecule has 0 saturated carbocycles. The van der Waals surface area contributed by atoms with E-state index in [9.17, 15) is 20.2 Å². The van der Waals surface area contributed by atoms with Gasteiger partial charge in [-0.1, -0.05) is 23.5 Å². The summed E-state index contributed by atoms with van der Waals surface area (Å²) in [6, 6.07) is 21.9. The van der Waals surface area contributed by atoms with Crippen LogP contribution in [0.3, 0.4) is 0 Å². The van der Waals surface area contributed by atoms with E-state index in [1.165, 1.54) is 46.9 Å². The van der Waals surface area contributed by atoms with E-state index in [4.69, 9.17) is 10.7 Å². The van der Waals surface area contributed by atoms with Gasteiger partial charge in [0, 0.05) is 46.1 Å². The maximum atomic E-state index is 11.1. The van der Waals surface area contributed by atoms with E-state index in [-0.39, 0.29) is 11.4 Å². The zero-order valence-corrected chi connectivity index (χ0v) is 19.0. The van der Waals surface area contributed by atoms with Crippen LogP contribution in [-0.2, 0) is 0 Å². The van der Waals surface area contributed by atoms with Crippen LogP contribution in [0.2, 0.25) is 0 Å². The van der Waals surface area contributed by atoms with Gasteiger partial charge in [-0.15, -0.1) is 11.3 Å². The Bertz CT molecular complexity index is 1470. The fraction of sp³-hybridized carbons (Fsp3) is 0. The van der Waals surface area contributed by atoms with Gasteiger partial charge >= 0.3 is 0 Å². The highest BCUT2D eigenvalue weighted by atomic mass is 32.1. The lowest BCUT2D eigenvalue weighted by atomic mass is 10.1. The van der Waals surface area contributed by atoms with Crippen molar-refractivity contribution in [2.75, 3.05) is 10.6 Å². The molecule has 0 aliphatic heterocycles. The Morgan fingerprint density at radius 1 is 0.765 bits per heavy atom. The van der Waals surface area contributed by atoms with E-state index < -0.39 is 9.85 Å². The molecule has 0 radical (unpaired) electrons. The maximum Gasteiger partial charge on any atom is 0.269 e. The van der Waals surface area contributed by atoms with Gasteiger partial charge in [-0.05, 0) is 42.5 Å². The first-order chi connectivity index (χ1) is 16.4. The summed E-state index contributed by atoms with van der Waals surface area (Å²) in [7, 11) is 0. The van der Waals surface area contributed by atoms with Crippen molar-refractivity contribution >= 4 is 65.8 Å². The first-order valence-electron chi connectivity index (χ1n) is 9.95. The van der Waals surface area contributed by atoms with E-state index in [0.29, 0.717) is 21.5 Å². The molecule has 0 aliphatic carbocycles. The number of benzene rings is 3. The first-order valence-corrected chi connectivity index (χ1v) is 11.6. The Labute approximate surface area is 200 Å². The first kappa shape index (κ1) is 21.5. The summed E-state index contributed by atoms with van der Waals surface area (Å²) in [4.78, 5) is 29.1. The summed E-state index contributed by atoms with van der Waals surface area (Å²) in [6.45, 7) is 0. The van der Waals surface area contributed by atoms with E-state index in [2.05, 4.69) is 0 Å². The zero-order chi connectivity index (χ0) is 23.8. The molecule has 34 heavy (non-hydrogen) atoms. The molecule has 0 aliphatic rings. The van der Waals surface area contributed by atoms with E-state index in [1.54, 1.807) is 24.3 Å². The van der Waals surface area contributed by atoms with Crippen LogP contribution in [0.15, 0.2) is 78.9 Å². The fourth-order valence-corrected chi connectivity index (χ4v) is 5.38. The van der Waals surface area contributed by atoms with Crippen LogP contribution in [0.4, 0.5) is 32.9 Å². The average molecular weight is 490 g/mol. The molecule has 0 amide bonds. The molecule has 5 aromatic rings. The number of thiophene rings is 1. The lowest BCUT2D eigenvalue weighted by Crippen LogP contribution is -2.09. The van der Waals surface area contributed by atoms with Gasteiger partial charge in [-0.2, -0.15) is 0 Å². The largest absolute Gasteiger partial charge is 0.391 e. The van der Waals surface area contributed by atoms with Gasteiger partial charge < -0.3 is 5.73 Å². The number of thiazole rings is 1. The van der Waals surface area contributed by atoms with Gasteiger partial charge in [-0.25, -0.2) is 4.98 Å². The maximum absolute atomic E-state index is 11.1. The second kappa shape index (κ2) is 8.54. The number of aromatic nitrogens is 1. The van der Waals surface area contributed by atoms with Crippen molar-refractivity contribution in [3.8, 4) is 10.4 Å². The third-order valence-corrected chi connectivity index (χ3v) is 7.08. The second-order valence-electron chi connectivity index (χ2n) is 7.23. The van der Waals surface area contributed by atoms with Crippen molar-refractivity contribution in [3.05, 3.63) is 99.1 Å². The van der Waals surface area contributed by atoms with Crippen LogP contribution in [0.1, 0.15) is 0 Å². The molecule has 2 N–H and O–H groups in total. The van der Waals surface area contributed by atoms with Gasteiger partial charge in [0.05, 0.1) is 25.1 Å². The van der Waals surface area contributed by atoms with Crippen LogP contribution in [-0.4, -0.2) is 14.8 Å². The molecule has 0 fully saturated rings. The zero-order valence-electron chi connectivity index (χ0n) is 17.3. The van der Waals surface area contributed by atoms with Crippen LogP contribution < -0.4 is 10.6 Å². The Balaban J connectivity index is 1.66. The molecular formula is C23H15N5O4S2. The molecule has 0 saturated heterocycles. The predicted molar refractivity (Wildman–Crippen MR) is 135 cm³/mol. The third-order valence-electron chi connectivity index (χ3n) is 5.13. The van der Waals surface area contributed by atoms with Crippen LogP contribution >= 0.6 is 22.7 Å². The molecule has 11 heteroatoms. The highest BCUT2D eigenvalue weighted by Gasteiger charge is 2.20. The van der Waals surface area contributed by atoms with Crippen LogP contribution in [0.5, 0.6) is 0 Å². The summed E-state index contributed by atoms with van der Waals surface area (Å²) in [5.41, 5.74) is 8.90. The molecule has 0 spiro atoms. The number of para-hydroxylation sites is 1. The summed E-state index contributed by atoms with van der Waals surface area (Å²) < 4.78 is 0.952. The number of nitro benzene ring substituents is 2. The molecule has 2 aromatic heterocycles. The lowest BCUT2D eigenvalue weighted by Gasteiger charge is -2.22.